The number of nitrogens with zero attached hydrogens (tertiary/aromatic N) is 3. The molecule has 0 atom stereocenters. The first kappa shape index (κ1) is 22.1. The van der Waals surface area contributed by atoms with Gasteiger partial charge in [-0.15, -0.1) is 0 Å². The van der Waals surface area contributed by atoms with Crippen LogP contribution >= 0.6 is 11.8 Å². The Morgan fingerprint density at radius 1 is 1.12 bits per heavy atom. The first-order valence-corrected chi connectivity index (χ1v) is 11.1. The normalized spacial score (nSPS) is 16.6. The van der Waals surface area contributed by atoms with Crippen LogP contribution in [0.2, 0.25) is 0 Å². The number of hydrogen-bond acceptors (Lipinski definition) is 6. The van der Waals surface area contributed by atoms with E-state index in [2.05, 4.69) is 27.6 Å². The first-order valence-electron chi connectivity index (χ1n) is 10.3. The number of ether oxygens (including phenoxy) is 2. The van der Waals surface area contributed by atoms with Crippen LogP contribution in [0.3, 0.4) is 0 Å². The lowest BCUT2D eigenvalue weighted by Crippen LogP contribution is -2.46. The predicted molar refractivity (Wildman–Crippen MR) is 124 cm³/mol. The van der Waals surface area contributed by atoms with E-state index in [1.807, 2.05) is 12.1 Å². The fourth-order valence-corrected chi connectivity index (χ4v) is 4.18. The molecular formula is C24H24FN3O3S. The molecule has 6 nitrogen and oxygen atoms in total. The van der Waals surface area contributed by atoms with E-state index in [1.54, 1.807) is 31.4 Å². The smallest absolute Gasteiger partial charge is 0.294 e. The molecule has 4 rings (SSSR count). The molecule has 0 aliphatic carbocycles. The Labute approximate surface area is 191 Å². The number of benzene rings is 2. The summed E-state index contributed by atoms with van der Waals surface area (Å²) >= 11 is 1.37. The number of methoxy groups -OCH3 is 1. The summed E-state index contributed by atoms with van der Waals surface area (Å²) in [5.74, 6) is 0.601. The minimum absolute atomic E-state index is 0.258. The van der Waals surface area contributed by atoms with Gasteiger partial charge >= 0.3 is 0 Å². The van der Waals surface area contributed by atoms with Gasteiger partial charge in [0.05, 0.1) is 7.11 Å². The van der Waals surface area contributed by atoms with E-state index < -0.39 is 0 Å². The SMILES string of the molecule is COc1cc(C=C=C2SC(N3CCN(C)CC3)=NC2=O)ccc1OCc1ccc(F)cc1. The summed E-state index contributed by atoms with van der Waals surface area (Å²) in [7, 11) is 3.66. The highest BCUT2D eigenvalue weighted by Gasteiger charge is 2.27. The molecule has 0 bridgehead atoms. The Morgan fingerprint density at radius 2 is 1.88 bits per heavy atom. The molecule has 166 valence electrons. The first-order chi connectivity index (χ1) is 15.5. The molecular weight excluding hydrogens is 429 g/mol. The average Bonchev–Trinajstić information content (AvgIpc) is 3.18. The number of hydrogen-bond donors (Lipinski definition) is 0. The summed E-state index contributed by atoms with van der Waals surface area (Å²) < 4.78 is 24.3. The van der Waals surface area contributed by atoms with Gasteiger partial charge < -0.3 is 19.3 Å². The Morgan fingerprint density at radius 3 is 2.59 bits per heavy atom. The van der Waals surface area contributed by atoms with Crippen molar-refractivity contribution in [2.45, 2.75) is 6.61 Å². The van der Waals surface area contributed by atoms with Crippen LogP contribution < -0.4 is 9.47 Å². The molecule has 1 amide bonds. The fraction of sp³-hybridized carbons (Fsp3) is 0.292. The molecule has 8 heteroatoms. The van der Waals surface area contributed by atoms with Crippen molar-refractivity contribution in [3.63, 3.8) is 0 Å². The van der Waals surface area contributed by atoms with Crippen LogP contribution in [0.4, 0.5) is 4.39 Å². The molecule has 2 aromatic carbocycles. The van der Waals surface area contributed by atoms with E-state index in [9.17, 15) is 9.18 Å². The maximum Gasteiger partial charge on any atom is 0.294 e. The van der Waals surface area contributed by atoms with Crippen molar-refractivity contribution >= 4 is 28.9 Å². The van der Waals surface area contributed by atoms with Crippen molar-refractivity contribution < 1.29 is 18.7 Å². The summed E-state index contributed by atoms with van der Waals surface area (Å²) in [6.45, 7) is 3.94. The molecule has 1 saturated heterocycles. The quantitative estimate of drug-likeness (QED) is 0.507. The fourth-order valence-electron chi connectivity index (χ4n) is 3.30. The molecule has 2 aliphatic heterocycles. The molecule has 0 N–H and O–H groups in total. The Bertz CT molecular complexity index is 1090. The van der Waals surface area contributed by atoms with Gasteiger partial charge in [-0.1, -0.05) is 23.9 Å². The molecule has 0 saturated carbocycles. The summed E-state index contributed by atoms with van der Waals surface area (Å²) in [5.41, 5.74) is 4.76. The van der Waals surface area contributed by atoms with E-state index in [4.69, 9.17) is 9.47 Å². The number of amides is 1. The van der Waals surface area contributed by atoms with Crippen molar-refractivity contribution in [1.29, 1.82) is 0 Å². The van der Waals surface area contributed by atoms with E-state index in [0.29, 0.717) is 23.0 Å². The highest BCUT2D eigenvalue weighted by molar-refractivity contribution is 8.18. The highest BCUT2D eigenvalue weighted by Crippen LogP contribution is 2.31. The highest BCUT2D eigenvalue weighted by atomic mass is 32.2. The van der Waals surface area contributed by atoms with Crippen LogP contribution in [0.1, 0.15) is 11.1 Å². The van der Waals surface area contributed by atoms with Gasteiger partial charge in [-0.2, -0.15) is 4.99 Å². The van der Waals surface area contributed by atoms with E-state index >= 15 is 0 Å². The molecule has 0 radical (unpaired) electrons. The molecule has 0 spiro atoms. The maximum absolute atomic E-state index is 13.0. The second-order valence-electron chi connectivity index (χ2n) is 7.54. The summed E-state index contributed by atoms with van der Waals surface area (Å²) in [5, 5.41) is 0.751. The molecule has 1 fully saturated rings. The Kier molecular flexibility index (Phi) is 6.95. The second-order valence-corrected chi connectivity index (χ2v) is 8.51. The minimum atomic E-state index is -0.281. The second kappa shape index (κ2) is 10.0. The third-order valence-electron chi connectivity index (χ3n) is 5.22. The average molecular weight is 454 g/mol. The molecule has 2 aromatic rings. The number of carbonyl (C=O) groups excluding carboxylic acids is 1. The van der Waals surface area contributed by atoms with Crippen LogP contribution in [-0.4, -0.2) is 61.2 Å². The number of carbonyl (C=O) groups is 1. The number of amidine groups is 1. The molecule has 32 heavy (non-hydrogen) atoms. The molecule has 2 heterocycles. The lowest BCUT2D eigenvalue weighted by Gasteiger charge is -2.32. The lowest BCUT2D eigenvalue weighted by molar-refractivity contribution is -0.113. The number of aliphatic imine (C=N–C) groups is 1. The number of thioether (sulfide) groups is 1. The standard InChI is InChI=1S/C24H24FN3O3S/c1-27-11-13-28(14-12-27)24-26-23(29)22(32-24)10-6-17-5-9-20(21(15-17)30-2)31-16-18-3-7-19(25)8-4-18/h3-9,15H,11-14,16H2,1-2H3. The van der Waals surface area contributed by atoms with Crippen LogP contribution in [-0.2, 0) is 11.4 Å². The van der Waals surface area contributed by atoms with Gasteiger partial charge in [0.25, 0.3) is 5.91 Å². The van der Waals surface area contributed by atoms with E-state index in [1.165, 1.54) is 23.9 Å². The number of halogens is 1. The molecule has 0 unspecified atom stereocenters. The van der Waals surface area contributed by atoms with Crippen molar-refractivity contribution in [2.24, 2.45) is 4.99 Å². The predicted octanol–water partition coefficient (Wildman–Crippen LogP) is 3.79. The van der Waals surface area contributed by atoms with Crippen molar-refractivity contribution in [3.05, 3.63) is 70.0 Å². The molecule has 2 aliphatic rings. The summed E-state index contributed by atoms with van der Waals surface area (Å²) in [6, 6.07) is 11.6. The zero-order valence-electron chi connectivity index (χ0n) is 18.0. The summed E-state index contributed by atoms with van der Waals surface area (Å²) in [4.78, 5) is 21.4. The monoisotopic (exact) mass is 453 g/mol. The number of likely N-dealkylation sites (N-methyl/N-ethyl adjacent to an activating group) is 1. The Balaban J connectivity index is 1.43. The zero-order chi connectivity index (χ0) is 22.5. The van der Waals surface area contributed by atoms with Crippen molar-refractivity contribution in [1.82, 2.24) is 9.80 Å². The topological polar surface area (TPSA) is 54.4 Å². The van der Waals surface area contributed by atoms with Gasteiger partial charge in [0.15, 0.2) is 16.7 Å². The molecule has 0 aromatic heterocycles. The summed E-state index contributed by atoms with van der Waals surface area (Å²) in [6.07, 6.45) is 1.74. The van der Waals surface area contributed by atoms with Gasteiger partial charge in [-0.25, -0.2) is 4.39 Å². The Hall–Kier alpha value is -3.06. The van der Waals surface area contributed by atoms with Crippen molar-refractivity contribution in [2.75, 3.05) is 40.3 Å². The maximum atomic E-state index is 13.0. The van der Waals surface area contributed by atoms with E-state index in [-0.39, 0.29) is 11.7 Å². The van der Waals surface area contributed by atoms with Gasteiger partial charge in [-0.05, 0) is 60.3 Å². The lowest BCUT2D eigenvalue weighted by atomic mass is 10.2. The van der Waals surface area contributed by atoms with Crippen LogP contribution in [0.15, 0.2) is 58.1 Å². The largest absolute Gasteiger partial charge is 0.493 e. The zero-order valence-corrected chi connectivity index (χ0v) is 18.8. The van der Waals surface area contributed by atoms with Gasteiger partial charge in [0.2, 0.25) is 0 Å². The van der Waals surface area contributed by atoms with Gasteiger partial charge in [0.1, 0.15) is 17.3 Å². The van der Waals surface area contributed by atoms with Crippen LogP contribution in [0.5, 0.6) is 11.5 Å². The third kappa shape index (κ3) is 5.40. The number of rotatable bonds is 5. The van der Waals surface area contributed by atoms with Gasteiger partial charge in [-0.3, -0.25) is 4.79 Å². The minimum Gasteiger partial charge on any atom is -0.493 e. The van der Waals surface area contributed by atoms with Crippen LogP contribution in [0.25, 0.3) is 6.08 Å². The van der Waals surface area contributed by atoms with E-state index in [0.717, 1.165) is 42.5 Å². The number of piperazine rings is 1. The van der Waals surface area contributed by atoms with Crippen molar-refractivity contribution in [3.8, 4) is 11.5 Å². The van der Waals surface area contributed by atoms with Crippen LogP contribution in [0, 0.1) is 5.82 Å². The van der Waals surface area contributed by atoms with Gasteiger partial charge in [0, 0.05) is 26.2 Å². The third-order valence-corrected chi connectivity index (χ3v) is 6.25.